The van der Waals surface area contributed by atoms with Crippen LogP contribution in [0.3, 0.4) is 0 Å². The van der Waals surface area contributed by atoms with Gasteiger partial charge in [-0.1, -0.05) is 18.2 Å². The highest BCUT2D eigenvalue weighted by Crippen LogP contribution is 2.44. The van der Waals surface area contributed by atoms with Crippen LogP contribution in [0.5, 0.6) is 0 Å². The number of carbonyl (C=O) groups excluding carboxylic acids is 2. The Morgan fingerprint density at radius 1 is 0.957 bits per heavy atom. The summed E-state index contributed by atoms with van der Waals surface area (Å²) in [6.07, 6.45) is -0.863. The fourth-order valence-corrected chi connectivity index (χ4v) is 6.22. The summed E-state index contributed by atoms with van der Waals surface area (Å²) in [6, 6.07) is 11.9. The Morgan fingerprint density at radius 3 is 2.34 bits per heavy atom. The average molecular weight is 657 g/mol. The molecule has 0 spiro atoms. The van der Waals surface area contributed by atoms with Crippen LogP contribution in [-0.2, 0) is 30.1 Å². The molecule has 47 heavy (non-hydrogen) atoms. The molecule has 2 N–H and O–H groups in total. The minimum Gasteiger partial charge on any atom is -0.346 e. The number of nitrogens with one attached hydrogen (secondary N) is 2. The van der Waals surface area contributed by atoms with Gasteiger partial charge in [0, 0.05) is 48.6 Å². The number of halogens is 6. The maximum Gasteiger partial charge on any atom is 0.321 e. The fourth-order valence-electron chi connectivity index (χ4n) is 6.22. The van der Waals surface area contributed by atoms with Crippen molar-refractivity contribution < 1.29 is 35.9 Å². The van der Waals surface area contributed by atoms with Crippen LogP contribution in [0.2, 0.25) is 0 Å². The number of fused-ring (bicyclic) bond motifs is 1. The molecular weight excluding hydrogens is 626 g/mol. The smallest absolute Gasteiger partial charge is 0.321 e. The number of urea groups is 1. The van der Waals surface area contributed by atoms with E-state index >= 15 is 0 Å². The fraction of sp³-hybridized carbons (Fsp3) is 0.333. The maximum atomic E-state index is 14.7. The number of anilines is 1. The second kappa shape index (κ2) is 13.1. The van der Waals surface area contributed by atoms with Gasteiger partial charge in [0.2, 0.25) is 5.91 Å². The van der Waals surface area contributed by atoms with Gasteiger partial charge in [-0.25, -0.2) is 22.4 Å². The summed E-state index contributed by atoms with van der Waals surface area (Å²) in [4.78, 5) is 32.1. The quantitative estimate of drug-likeness (QED) is 0.191. The predicted octanol–water partition coefficient (Wildman–Crippen LogP) is 6.93. The number of hydrogen-bond acceptors (Lipinski definition) is 4. The number of benzene rings is 2. The third-order valence-electron chi connectivity index (χ3n) is 8.32. The molecule has 3 heterocycles. The van der Waals surface area contributed by atoms with Crippen molar-refractivity contribution in [3.8, 4) is 11.1 Å². The number of amides is 3. The van der Waals surface area contributed by atoms with E-state index in [9.17, 15) is 35.9 Å². The number of rotatable bonds is 9. The molecule has 14 heteroatoms. The summed E-state index contributed by atoms with van der Waals surface area (Å²) in [5.41, 5.74) is 0.437. The summed E-state index contributed by atoms with van der Waals surface area (Å²) in [6.45, 7) is 0.570. The average Bonchev–Trinajstić information content (AvgIpc) is 3.75. The van der Waals surface area contributed by atoms with Crippen LogP contribution in [-0.4, -0.2) is 44.7 Å². The normalized spacial score (nSPS) is 15.9. The van der Waals surface area contributed by atoms with Gasteiger partial charge < -0.3 is 15.5 Å². The lowest BCUT2D eigenvalue weighted by molar-refractivity contribution is -0.122. The Kier molecular flexibility index (Phi) is 8.93. The molecule has 4 aromatic rings. The van der Waals surface area contributed by atoms with Gasteiger partial charge in [-0.15, -0.1) is 0 Å². The van der Waals surface area contributed by atoms with E-state index in [0.29, 0.717) is 46.3 Å². The molecule has 2 aliphatic rings. The molecule has 1 saturated heterocycles. The molecule has 6 rings (SSSR count). The van der Waals surface area contributed by atoms with Crippen LogP contribution < -0.4 is 10.6 Å². The molecule has 0 radical (unpaired) electrons. The highest BCUT2D eigenvalue weighted by atomic mass is 19.3. The third-order valence-corrected chi connectivity index (χ3v) is 8.32. The van der Waals surface area contributed by atoms with Gasteiger partial charge in [-0.2, -0.15) is 13.9 Å². The lowest BCUT2D eigenvalue weighted by Crippen LogP contribution is -2.35. The largest absolute Gasteiger partial charge is 0.346 e. The third kappa shape index (κ3) is 6.96. The van der Waals surface area contributed by atoms with E-state index in [1.807, 2.05) is 0 Å². The topological polar surface area (TPSA) is 92.1 Å². The zero-order valence-corrected chi connectivity index (χ0v) is 25.0. The molecule has 3 amide bonds. The van der Waals surface area contributed by atoms with E-state index in [-0.39, 0.29) is 30.0 Å². The van der Waals surface area contributed by atoms with Crippen LogP contribution >= 0.6 is 0 Å². The van der Waals surface area contributed by atoms with E-state index in [1.54, 1.807) is 41.3 Å². The molecule has 0 unspecified atom stereocenters. The first kappa shape index (κ1) is 32.1. The number of carbonyl (C=O) groups is 2. The lowest BCUT2D eigenvalue weighted by atomic mass is 9.95. The molecule has 1 aliphatic carbocycles. The highest BCUT2D eigenvalue weighted by Gasteiger charge is 2.46. The number of hydrogen-bond donors (Lipinski definition) is 2. The van der Waals surface area contributed by atoms with Crippen LogP contribution in [0.15, 0.2) is 60.8 Å². The van der Waals surface area contributed by atoms with E-state index in [1.165, 1.54) is 6.20 Å². The van der Waals surface area contributed by atoms with Crippen molar-refractivity contribution in [1.82, 2.24) is 25.0 Å². The Balaban J connectivity index is 1.29. The lowest BCUT2D eigenvalue weighted by Gasteiger charge is -2.22. The Labute approximate surface area is 265 Å². The molecule has 1 fully saturated rings. The van der Waals surface area contributed by atoms with Crippen molar-refractivity contribution in [3.05, 3.63) is 101 Å². The van der Waals surface area contributed by atoms with Crippen molar-refractivity contribution in [2.75, 3.05) is 18.4 Å². The monoisotopic (exact) mass is 656 g/mol. The van der Waals surface area contributed by atoms with Crippen LogP contribution in [0.1, 0.15) is 59.9 Å². The van der Waals surface area contributed by atoms with Gasteiger partial charge in [-0.3, -0.25) is 14.5 Å². The maximum absolute atomic E-state index is 14.7. The van der Waals surface area contributed by atoms with Crippen molar-refractivity contribution >= 4 is 17.6 Å². The molecule has 0 saturated carbocycles. The molecule has 1 atom stereocenters. The first-order valence-corrected chi connectivity index (χ1v) is 15.1. The molecule has 2 aromatic heterocycles. The van der Waals surface area contributed by atoms with Crippen LogP contribution in [0, 0.1) is 11.6 Å². The SMILES string of the molecule is O=C(Cn1nc(C(F)F)c2c1C(F)(F)CC2)N[C@@H](Cc1cc(F)cc(F)c1)c1ncccc1-c1ccc(NC(=O)N2CCCC2)cc1. The van der Waals surface area contributed by atoms with Crippen molar-refractivity contribution in [2.24, 2.45) is 0 Å². The van der Waals surface area contributed by atoms with E-state index in [4.69, 9.17) is 0 Å². The summed E-state index contributed by atoms with van der Waals surface area (Å²) in [5, 5.41) is 9.21. The summed E-state index contributed by atoms with van der Waals surface area (Å²) in [5.74, 6) is -5.97. The van der Waals surface area contributed by atoms with Gasteiger partial charge in [0.05, 0.1) is 11.7 Å². The number of likely N-dealkylation sites (tertiary alicyclic amines) is 1. The van der Waals surface area contributed by atoms with Gasteiger partial charge in [0.25, 0.3) is 12.3 Å². The molecule has 1 aliphatic heterocycles. The first-order valence-electron chi connectivity index (χ1n) is 15.1. The zero-order chi connectivity index (χ0) is 33.3. The van der Waals surface area contributed by atoms with E-state index < -0.39 is 60.3 Å². The number of pyridine rings is 1. The van der Waals surface area contributed by atoms with Crippen LogP contribution in [0.4, 0.5) is 36.8 Å². The molecular formula is C33H30F6N6O2. The van der Waals surface area contributed by atoms with Gasteiger partial charge in [0.1, 0.15) is 29.6 Å². The summed E-state index contributed by atoms with van der Waals surface area (Å²) in [7, 11) is 0. The number of aromatic nitrogens is 3. The van der Waals surface area contributed by atoms with Gasteiger partial charge in [0.15, 0.2) is 0 Å². The first-order chi connectivity index (χ1) is 22.5. The molecule has 0 bridgehead atoms. The molecule has 8 nitrogen and oxygen atoms in total. The Bertz CT molecular complexity index is 1770. The minimum atomic E-state index is -3.44. The van der Waals surface area contributed by atoms with Gasteiger partial charge >= 0.3 is 6.03 Å². The zero-order valence-electron chi connectivity index (χ0n) is 25.0. The highest BCUT2D eigenvalue weighted by molar-refractivity contribution is 5.90. The number of nitrogens with zero attached hydrogens (tertiary/aromatic N) is 4. The Morgan fingerprint density at radius 2 is 1.66 bits per heavy atom. The second-order valence-corrected chi connectivity index (χ2v) is 11.6. The minimum absolute atomic E-state index is 0.149. The summed E-state index contributed by atoms with van der Waals surface area (Å²) < 4.78 is 85.5. The van der Waals surface area contributed by atoms with E-state index in [0.717, 1.165) is 25.0 Å². The summed E-state index contributed by atoms with van der Waals surface area (Å²) >= 11 is 0. The van der Waals surface area contributed by atoms with Crippen molar-refractivity contribution in [2.45, 2.75) is 57.0 Å². The predicted molar refractivity (Wildman–Crippen MR) is 160 cm³/mol. The van der Waals surface area contributed by atoms with Crippen molar-refractivity contribution in [3.63, 3.8) is 0 Å². The van der Waals surface area contributed by atoms with Crippen LogP contribution in [0.25, 0.3) is 11.1 Å². The standard InChI is InChI=1S/C33H30F6N6O2/c34-21-14-19(15-22(35)17-21)16-26(42-27(46)18-45-30-25(9-10-33(30,38)39)29(43-45)31(36)37)28-24(4-3-11-40-28)20-5-7-23(8-6-20)41-32(47)44-12-1-2-13-44/h3-8,11,14-15,17,26,31H,1-2,9-10,12-13,16,18H2,(H,41,47)(H,42,46)/t26-/m0/s1. The molecule has 2 aromatic carbocycles. The number of alkyl halides is 4. The van der Waals surface area contributed by atoms with Crippen molar-refractivity contribution in [1.29, 1.82) is 0 Å². The Hall–Kier alpha value is -4.88. The van der Waals surface area contributed by atoms with E-state index in [2.05, 4.69) is 20.7 Å². The van der Waals surface area contributed by atoms with Gasteiger partial charge in [-0.05, 0) is 67.1 Å². The molecule has 246 valence electrons. The second-order valence-electron chi connectivity index (χ2n) is 11.6.